The van der Waals surface area contributed by atoms with Gasteiger partial charge in [-0.3, -0.25) is 4.70 Å². The second-order valence-corrected chi connectivity index (χ2v) is 1.87. The van der Waals surface area contributed by atoms with Crippen molar-refractivity contribution in [2.75, 3.05) is 0 Å². The first kappa shape index (κ1) is 8.96. The molecule has 0 aliphatic carbocycles. The molecule has 0 aromatic rings. The highest BCUT2D eigenvalue weighted by atomic mass is 31.4. The minimum atomic E-state index is -2.31. The van der Waals surface area contributed by atoms with Gasteiger partial charge in [0, 0.05) is 0 Å². The third-order valence-corrected chi connectivity index (χ3v) is 0. The summed E-state index contributed by atoms with van der Waals surface area (Å²) in [5.41, 5.74) is 0. The molecule has 5 heavy (non-hydrogen) atoms. The van der Waals surface area contributed by atoms with Crippen molar-refractivity contribution in [3.63, 3.8) is 0 Å². The van der Waals surface area contributed by atoms with E-state index in [9.17, 15) is 0 Å². The van der Waals surface area contributed by atoms with Crippen LogP contribution in [0.15, 0.2) is 0 Å². The zero-order valence-electron chi connectivity index (χ0n) is 2.17. The third kappa shape index (κ3) is 479. The molecule has 0 N–H and O–H groups in total. The minimum absolute atomic E-state index is 0. The van der Waals surface area contributed by atoms with Crippen LogP contribution in [0.2, 0.25) is 0 Å². The topological polar surface area (TPSA) is 40.1 Å². The molecule has 0 amide bonds. The van der Waals surface area contributed by atoms with Gasteiger partial charge in [0.05, 0.1) is 0 Å². The molecule has 3 radical (unpaired) electrons. The third-order valence-electron chi connectivity index (χ3n) is 0. The summed E-state index contributed by atoms with van der Waals surface area (Å²) in [6.07, 6.45) is 0. The van der Waals surface area contributed by atoms with Crippen molar-refractivity contribution >= 4 is 17.5 Å². The molecule has 5 heteroatoms. The summed E-state index contributed by atoms with van der Waals surface area (Å²) in [4.78, 5) is 8.95. The zero-order valence-corrected chi connectivity index (χ0v) is 4.07. The van der Waals surface area contributed by atoms with Gasteiger partial charge in [-0.15, -0.1) is 0 Å². The van der Waals surface area contributed by atoms with Gasteiger partial charge in [-0.25, -0.2) is 0 Å². The van der Waals surface area contributed by atoms with Gasteiger partial charge in [0.15, 0.2) is 0 Å². The Morgan fingerprint density at radius 1 is 1.80 bits per heavy atom. The minimum Gasteiger partial charge on any atom is -0.610 e. The van der Waals surface area contributed by atoms with Crippen LogP contribution in [-0.4, -0.2) is 9.91 Å². The molecule has 0 aromatic carbocycles. The second kappa shape index (κ2) is 4.21. The maximum Gasteiger partial charge on any atom is 0.463 e. The van der Waals surface area contributed by atoms with Gasteiger partial charge in [-0.2, -0.15) is 0 Å². The lowest BCUT2D eigenvalue weighted by atomic mass is 15.9. The van der Waals surface area contributed by atoms with E-state index in [1.54, 1.807) is 0 Å². The van der Waals surface area contributed by atoms with E-state index >= 15 is 0 Å². The van der Waals surface area contributed by atoms with Crippen molar-refractivity contribution in [3.8, 4) is 0 Å². The van der Waals surface area contributed by atoms with Crippen molar-refractivity contribution in [2.24, 2.45) is 0 Å². The van der Waals surface area contributed by atoms with E-state index in [1.165, 1.54) is 0 Å². The quantitative estimate of drug-likeness (QED) is 0.307. The molecule has 0 saturated carbocycles. The Balaban J connectivity index is 0. The molecule has 29 valence electrons. The average molecular weight is 111 g/mol. The fourth-order valence-corrected chi connectivity index (χ4v) is 0. The lowest BCUT2D eigenvalue weighted by molar-refractivity contribution is -0.158. The average Bonchev–Trinajstić information content (AvgIpc) is 0.811. The van der Waals surface area contributed by atoms with E-state index in [0.29, 0.717) is 0 Å². The van der Waals surface area contributed by atoms with Crippen LogP contribution >= 0.6 is 7.58 Å². The fourth-order valence-electron chi connectivity index (χ4n) is 0. The van der Waals surface area contributed by atoms with Crippen molar-refractivity contribution < 1.29 is 14.2 Å². The van der Waals surface area contributed by atoms with E-state index in [4.69, 9.17) is 9.46 Å². The van der Waals surface area contributed by atoms with Crippen LogP contribution in [0, 0.1) is 0 Å². The van der Waals surface area contributed by atoms with E-state index in [0.717, 1.165) is 0 Å². The van der Waals surface area contributed by atoms with Crippen LogP contribution < -0.4 is 4.89 Å². The molecular formula is HFO2PSi. The molecule has 1 atom stereocenters. The van der Waals surface area contributed by atoms with E-state index < -0.39 is 7.58 Å². The Morgan fingerprint density at radius 3 is 1.80 bits per heavy atom. The highest BCUT2D eigenvalue weighted by Gasteiger charge is 1.73. The summed E-state index contributed by atoms with van der Waals surface area (Å²) >= 11 is 0. The number of hydrogen-bond donors (Lipinski definition) is 0. The monoisotopic (exact) mass is 111 g/mol. The number of rotatable bonds is 0. The van der Waals surface area contributed by atoms with Crippen LogP contribution in [0.3, 0.4) is 0 Å². The molecule has 0 aliphatic rings. The molecule has 0 heterocycles. The van der Waals surface area contributed by atoms with E-state index in [2.05, 4.69) is 9.91 Å². The largest absolute Gasteiger partial charge is 0.610 e. The Kier molecular flexibility index (Phi) is 7.54. The van der Waals surface area contributed by atoms with Crippen LogP contribution in [-0.2, 0) is 4.57 Å². The maximum atomic E-state index is 8.95. The van der Waals surface area contributed by atoms with Crippen molar-refractivity contribution in [1.29, 1.82) is 0 Å². The van der Waals surface area contributed by atoms with Gasteiger partial charge in [0.2, 0.25) is 7.58 Å². The highest BCUT2D eigenvalue weighted by Crippen LogP contribution is 1.88. The van der Waals surface area contributed by atoms with E-state index in [1.807, 2.05) is 0 Å². The Labute approximate surface area is 32.7 Å². The van der Waals surface area contributed by atoms with Crippen LogP contribution in [0.25, 0.3) is 0 Å². The predicted molar refractivity (Wildman–Crippen MR) is 15.9 cm³/mol. The molecular weight excluding hydrogens is 110 g/mol. The summed E-state index contributed by atoms with van der Waals surface area (Å²) in [5, 5.41) is 0. The first-order chi connectivity index (χ1) is 1.73. The smallest absolute Gasteiger partial charge is 0.463 e. The predicted octanol–water partition coefficient (Wildman–Crippen LogP) is -0.675. The second-order valence-electron chi connectivity index (χ2n) is 0.257. The lowest BCUT2D eigenvalue weighted by Crippen LogP contribution is -1.79. The number of halogens is 1. The Hall–Kier alpha value is 0.207. The Bertz CT molecular complexity index is 32.6. The maximum absolute atomic E-state index is 8.95. The molecule has 0 bridgehead atoms. The highest BCUT2D eigenvalue weighted by molar-refractivity contribution is 7.65. The molecule has 0 aliphatic heterocycles. The fraction of sp³-hybridized carbons (Fsp3) is 0. The molecule has 0 saturated heterocycles. The molecule has 0 aromatic heterocycles. The Morgan fingerprint density at radius 2 is 1.80 bits per heavy atom. The molecule has 0 spiro atoms. The molecule has 1 unspecified atom stereocenters. The molecule has 0 rings (SSSR count). The first-order valence-corrected chi connectivity index (χ1v) is 3.11. The standard InChI is InChI=1S/FH.O2PSi/c;1-3(2)4/h1H;. The van der Waals surface area contributed by atoms with Gasteiger partial charge in [0.1, 0.15) is 0 Å². The number of hydrogen-bond acceptors (Lipinski definition) is 2. The van der Waals surface area contributed by atoms with Gasteiger partial charge >= 0.3 is 9.91 Å². The zero-order chi connectivity index (χ0) is 3.58. The van der Waals surface area contributed by atoms with Gasteiger partial charge < -0.3 is 4.89 Å². The van der Waals surface area contributed by atoms with Crippen molar-refractivity contribution in [3.05, 3.63) is 0 Å². The summed E-state index contributed by atoms with van der Waals surface area (Å²) in [5.74, 6) is 0. The summed E-state index contributed by atoms with van der Waals surface area (Å²) < 4.78 is 8.95. The lowest BCUT2D eigenvalue weighted by Gasteiger charge is -1.59. The van der Waals surface area contributed by atoms with Crippen molar-refractivity contribution in [2.45, 2.75) is 0 Å². The van der Waals surface area contributed by atoms with Crippen LogP contribution in [0.4, 0.5) is 4.70 Å². The van der Waals surface area contributed by atoms with Crippen LogP contribution in [0.1, 0.15) is 0 Å². The van der Waals surface area contributed by atoms with Gasteiger partial charge in [-0.05, 0) is 0 Å². The van der Waals surface area contributed by atoms with Crippen LogP contribution in [0.5, 0.6) is 0 Å². The summed E-state index contributed by atoms with van der Waals surface area (Å²) in [6.45, 7) is 0. The van der Waals surface area contributed by atoms with Gasteiger partial charge in [-0.1, -0.05) is 4.57 Å². The molecule has 2 nitrogen and oxygen atoms in total. The summed E-state index contributed by atoms with van der Waals surface area (Å²) in [6, 6.07) is 0. The van der Waals surface area contributed by atoms with Crippen molar-refractivity contribution in [1.82, 2.24) is 0 Å². The van der Waals surface area contributed by atoms with Gasteiger partial charge in [0.25, 0.3) is 0 Å². The SMILES string of the molecule is F.O=[P+]([O-])[Si]. The summed E-state index contributed by atoms with van der Waals surface area (Å²) in [7, 11) is -0.0494. The normalized spacial score (nSPS) is 8.80. The first-order valence-electron chi connectivity index (χ1n) is 0.589. The molecule has 0 fully saturated rings. The van der Waals surface area contributed by atoms with E-state index in [-0.39, 0.29) is 4.70 Å².